The Morgan fingerprint density at radius 2 is 2.06 bits per heavy atom. The summed E-state index contributed by atoms with van der Waals surface area (Å²) in [6, 6.07) is 9.41. The summed E-state index contributed by atoms with van der Waals surface area (Å²) < 4.78 is 14.6. The van der Waals surface area contributed by atoms with E-state index >= 15 is 0 Å². The maximum atomic E-state index is 14.6. The first-order chi connectivity index (χ1) is 17.4. The van der Waals surface area contributed by atoms with Crippen molar-refractivity contribution in [2.24, 2.45) is 5.92 Å². The van der Waals surface area contributed by atoms with Crippen molar-refractivity contribution >= 4 is 28.8 Å². The quantitative estimate of drug-likeness (QED) is 0.452. The van der Waals surface area contributed by atoms with Crippen molar-refractivity contribution in [2.45, 2.75) is 26.7 Å². The molecule has 1 amide bonds. The van der Waals surface area contributed by atoms with Gasteiger partial charge in [0, 0.05) is 49.7 Å². The molecule has 3 aromatic rings. The van der Waals surface area contributed by atoms with Gasteiger partial charge in [0.05, 0.1) is 11.8 Å². The molecule has 2 aromatic heterocycles. The van der Waals surface area contributed by atoms with Gasteiger partial charge in [-0.2, -0.15) is 0 Å². The summed E-state index contributed by atoms with van der Waals surface area (Å²) in [7, 11) is 1.81. The predicted octanol–water partition coefficient (Wildman–Crippen LogP) is 4.36. The zero-order valence-electron chi connectivity index (χ0n) is 20.9. The summed E-state index contributed by atoms with van der Waals surface area (Å²) in [5.41, 5.74) is 9.90. The van der Waals surface area contributed by atoms with Crippen LogP contribution in [0.25, 0.3) is 5.57 Å². The average molecular weight is 490 g/mol. The number of anilines is 3. The van der Waals surface area contributed by atoms with Crippen LogP contribution in [0.15, 0.2) is 48.8 Å². The second-order valence-electron chi connectivity index (χ2n) is 8.97. The van der Waals surface area contributed by atoms with Gasteiger partial charge in [-0.25, -0.2) is 19.3 Å². The lowest BCUT2D eigenvalue weighted by Gasteiger charge is -2.33. The molecule has 0 radical (unpaired) electrons. The Hall–Kier alpha value is -4.01. The van der Waals surface area contributed by atoms with Crippen molar-refractivity contribution in [1.29, 1.82) is 0 Å². The number of amides is 1. The zero-order chi connectivity index (χ0) is 25.7. The maximum Gasteiger partial charge on any atom is 0.255 e. The van der Waals surface area contributed by atoms with Crippen LogP contribution in [-0.2, 0) is 0 Å². The molecule has 8 nitrogen and oxygen atoms in total. The molecule has 0 bridgehead atoms. The highest BCUT2D eigenvalue weighted by Gasteiger charge is 2.26. The van der Waals surface area contributed by atoms with E-state index in [0.717, 1.165) is 24.1 Å². The minimum atomic E-state index is -0.531. The number of nitrogens with two attached hydrogens (primary N) is 1. The predicted molar refractivity (Wildman–Crippen MR) is 141 cm³/mol. The second kappa shape index (κ2) is 11.2. The normalized spacial score (nSPS) is 16.1. The third kappa shape index (κ3) is 5.45. The number of allylic oxidation sites excluding steroid dienone is 1. The number of carbonyl (C=O) groups excluding carboxylic acids is 1. The number of carbonyl (C=O) groups is 1. The first-order valence-electron chi connectivity index (χ1n) is 12.1. The first kappa shape index (κ1) is 25.1. The molecule has 1 aliphatic heterocycles. The number of halogens is 1. The van der Waals surface area contributed by atoms with E-state index in [1.54, 1.807) is 6.20 Å². The molecule has 36 heavy (non-hydrogen) atoms. The molecule has 1 aromatic carbocycles. The minimum absolute atomic E-state index is 0.00207. The fraction of sp³-hybridized carbons (Fsp3) is 0.333. The molecule has 3 heterocycles. The minimum Gasteiger partial charge on any atom is -0.387 e. The maximum absolute atomic E-state index is 14.6. The number of pyridine rings is 1. The highest BCUT2D eigenvalue weighted by atomic mass is 19.1. The molecule has 188 valence electrons. The average Bonchev–Trinajstić information content (AvgIpc) is 2.90. The molecule has 1 unspecified atom stereocenters. The lowest BCUT2D eigenvalue weighted by Crippen LogP contribution is -2.42. The largest absolute Gasteiger partial charge is 0.387 e. The molecule has 9 heteroatoms. The fourth-order valence-electron chi connectivity index (χ4n) is 4.54. The molecule has 0 spiro atoms. The van der Waals surface area contributed by atoms with Gasteiger partial charge in [0.2, 0.25) is 0 Å². The topological polar surface area (TPSA) is 109 Å². The SMILES string of the molecule is C/C=C(/c1ncc(F)c(NCC2CCCN(C(=O)c3ccccc3NC)C2)n1)c1cc(C)cnc1N. The summed E-state index contributed by atoms with van der Waals surface area (Å²) in [5, 5.41) is 6.24. The Morgan fingerprint density at radius 3 is 2.83 bits per heavy atom. The Bertz CT molecular complexity index is 1280. The fourth-order valence-corrected chi connectivity index (χ4v) is 4.54. The van der Waals surface area contributed by atoms with Crippen molar-refractivity contribution in [3.8, 4) is 0 Å². The molecule has 1 fully saturated rings. The van der Waals surface area contributed by atoms with E-state index in [-0.39, 0.29) is 17.6 Å². The van der Waals surface area contributed by atoms with Crippen LogP contribution in [0.2, 0.25) is 0 Å². The highest BCUT2D eigenvalue weighted by molar-refractivity contribution is 5.99. The van der Waals surface area contributed by atoms with E-state index in [1.165, 1.54) is 6.20 Å². The number of benzene rings is 1. The van der Waals surface area contributed by atoms with Crippen molar-refractivity contribution in [1.82, 2.24) is 19.9 Å². The molecule has 1 aliphatic rings. The number of piperidine rings is 1. The van der Waals surface area contributed by atoms with E-state index in [0.29, 0.717) is 48.0 Å². The number of aromatic nitrogens is 3. The summed E-state index contributed by atoms with van der Waals surface area (Å²) in [6.07, 6.45) is 6.53. The number of hydrogen-bond donors (Lipinski definition) is 3. The molecule has 4 rings (SSSR count). The van der Waals surface area contributed by atoms with Crippen LogP contribution in [0.3, 0.4) is 0 Å². The number of hydrogen-bond acceptors (Lipinski definition) is 7. The zero-order valence-corrected chi connectivity index (χ0v) is 20.9. The van der Waals surface area contributed by atoms with Crippen LogP contribution in [0, 0.1) is 18.7 Å². The lowest BCUT2D eigenvalue weighted by atomic mass is 9.97. The number of nitrogens with one attached hydrogen (secondary N) is 2. The number of nitrogens with zero attached hydrogens (tertiary/aromatic N) is 4. The Balaban J connectivity index is 1.47. The van der Waals surface area contributed by atoms with Crippen LogP contribution in [0.5, 0.6) is 0 Å². The highest BCUT2D eigenvalue weighted by Crippen LogP contribution is 2.27. The third-order valence-electron chi connectivity index (χ3n) is 6.41. The molecular weight excluding hydrogens is 457 g/mol. The van der Waals surface area contributed by atoms with Gasteiger partial charge in [-0.05, 0) is 56.4 Å². The smallest absolute Gasteiger partial charge is 0.255 e. The van der Waals surface area contributed by atoms with Gasteiger partial charge in [-0.3, -0.25) is 4.79 Å². The molecule has 4 N–H and O–H groups in total. The van der Waals surface area contributed by atoms with E-state index in [4.69, 9.17) is 5.73 Å². The Labute approximate surface area is 210 Å². The number of aryl methyl sites for hydroxylation is 1. The molecular formula is C27H32FN7O. The van der Waals surface area contributed by atoms with Crippen LogP contribution in [-0.4, -0.2) is 52.4 Å². The van der Waals surface area contributed by atoms with Crippen molar-refractivity contribution in [2.75, 3.05) is 43.0 Å². The van der Waals surface area contributed by atoms with E-state index in [9.17, 15) is 9.18 Å². The van der Waals surface area contributed by atoms with Crippen molar-refractivity contribution < 1.29 is 9.18 Å². The van der Waals surface area contributed by atoms with E-state index in [2.05, 4.69) is 25.6 Å². The van der Waals surface area contributed by atoms with Gasteiger partial charge >= 0.3 is 0 Å². The van der Waals surface area contributed by atoms with Crippen LogP contribution < -0.4 is 16.4 Å². The second-order valence-corrected chi connectivity index (χ2v) is 8.97. The van der Waals surface area contributed by atoms with Crippen LogP contribution in [0.4, 0.5) is 21.7 Å². The van der Waals surface area contributed by atoms with Crippen LogP contribution >= 0.6 is 0 Å². The Kier molecular flexibility index (Phi) is 7.77. The molecule has 1 atom stereocenters. The van der Waals surface area contributed by atoms with Gasteiger partial charge < -0.3 is 21.3 Å². The summed E-state index contributed by atoms with van der Waals surface area (Å²) in [5.74, 6) is 0.494. The van der Waals surface area contributed by atoms with E-state index in [1.807, 2.05) is 62.2 Å². The van der Waals surface area contributed by atoms with Gasteiger partial charge in [0.25, 0.3) is 5.91 Å². The lowest BCUT2D eigenvalue weighted by molar-refractivity contribution is 0.0681. The standard InChI is InChI=1S/C27H32FN7O/c1-4-19(21-12-17(2)13-31-24(21)29)25-33-15-22(28)26(34-25)32-14-18-8-7-11-35(16-18)27(36)20-9-5-6-10-23(20)30-3/h4-6,9-10,12-13,15,18,30H,7-8,11,14,16H2,1-3H3,(H2,29,31)(H,32,33,34)/b19-4+. The first-order valence-corrected chi connectivity index (χ1v) is 12.1. The van der Waals surface area contributed by atoms with Crippen molar-refractivity contribution in [3.63, 3.8) is 0 Å². The van der Waals surface area contributed by atoms with Gasteiger partial charge in [0.15, 0.2) is 17.5 Å². The summed E-state index contributed by atoms with van der Waals surface area (Å²) in [6.45, 7) is 5.57. The van der Waals surface area contributed by atoms with Crippen LogP contribution in [0.1, 0.15) is 47.1 Å². The summed E-state index contributed by atoms with van der Waals surface area (Å²) >= 11 is 0. The van der Waals surface area contributed by atoms with E-state index < -0.39 is 5.82 Å². The number of para-hydroxylation sites is 1. The molecule has 0 aliphatic carbocycles. The molecule has 0 saturated carbocycles. The molecule has 1 saturated heterocycles. The van der Waals surface area contributed by atoms with Gasteiger partial charge in [0.1, 0.15) is 5.82 Å². The van der Waals surface area contributed by atoms with Gasteiger partial charge in [-0.15, -0.1) is 0 Å². The number of nitrogen functional groups attached to an aromatic ring is 1. The summed E-state index contributed by atoms with van der Waals surface area (Å²) in [4.78, 5) is 27.9. The van der Waals surface area contributed by atoms with Gasteiger partial charge in [-0.1, -0.05) is 18.2 Å². The monoisotopic (exact) mass is 489 g/mol. The number of likely N-dealkylation sites (tertiary alicyclic amines) is 1. The third-order valence-corrected chi connectivity index (χ3v) is 6.41. The number of rotatable bonds is 7. The van der Waals surface area contributed by atoms with Crippen molar-refractivity contribution in [3.05, 3.63) is 77.1 Å². The Morgan fingerprint density at radius 1 is 1.25 bits per heavy atom.